The Bertz CT molecular complexity index is 1200. The highest BCUT2D eigenvalue weighted by Crippen LogP contribution is 2.31. The molecular weight excluding hydrogens is 497 g/mol. The van der Waals surface area contributed by atoms with Crippen molar-refractivity contribution in [3.8, 4) is 5.75 Å². The number of nitrogens with zero attached hydrogens (tertiary/aromatic N) is 3. The van der Waals surface area contributed by atoms with Gasteiger partial charge in [-0.1, -0.05) is 11.6 Å². The molecule has 3 heterocycles. The van der Waals surface area contributed by atoms with Crippen LogP contribution in [0.2, 0.25) is 0 Å². The van der Waals surface area contributed by atoms with Crippen molar-refractivity contribution in [3.05, 3.63) is 51.7 Å². The normalized spacial score (nSPS) is 27.5. The molecule has 5 rings (SSSR count). The second kappa shape index (κ2) is 10.6. The number of carbonyl (C=O) groups excluding carboxylic acids is 1. The van der Waals surface area contributed by atoms with Crippen LogP contribution in [0.5, 0.6) is 5.75 Å². The minimum Gasteiger partial charge on any atom is -0.489 e. The molecule has 2 atom stereocenters. The Labute approximate surface area is 221 Å². The van der Waals surface area contributed by atoms with Crippen molar-refractivity contribution in [2.24, 2.45) is 4.99 Å². The molecule has 3 aliphatic heterocycles. The van der Waals surface area contributed by atoms with Gasteiger partial charge in [0.2, 0.25) is 0 Å². The summed E-state index contributed by atoms with van der Waals surface area (Å²) in [5.41, 5.74) is 2.61. The van der Waals surface area contributed by atoms with E-state index in [9.17, 15) is 14.3 Å². The molecule has 4 aliphatic rings. The fraction of sp³-hybridized carbons (Fsp3) is 0.519. The van der Waals surface area contributed by atoms with Gasteiger partial charge in [-0.3, -0.25) is 9.69 Å². The van der Waals surface area contributed by atoms with Crippen LogP contribution >= 0.6 is 11.6 Å². The van der Waals surface area contributed by atoms with Crippen molar-refractivity contribution in [2.75, 3.05) is 26.2 Å². The van der Waals surface area contributed by atoms with E-state index < -0.39 is 5.82 Å². The summed E-state index contributed by atoms with van der Waals surface area (Å²) in [6, 6.07) is 4.20. The summed E-state index contributed by atoms with van der Waals surface area (Å²) >= 11 is 6.23. The summed E-state index contributed by atoms with van der Waals surface area (Å²) in [4.78, 5) is 21.9. The maximum absolute atomic E-state index is 14.2. The number of aliphatic imine (C=N–C) groups is 1. The zero-order valence-corrected chi connectivity index (χ0v) is 21.9. The number of likely N-dealkylation sites (tertiary alicyclic amines) is 2. The average Bonchev–Trinajstić information content (AvgIpc) is 3.48. The lowest BCUT2D eigenvalue weighted by molar-refractivity contribution is 0.0281. The van der Waals surface area contributed by atoms with Gasteiger partial charge in [-0.15, -0.1) is 0 Å². The number of hydrogen-bond acceptors (Lipinski definition) is 7. The zero-order valence-electron chi connectivity index (χ0n) is 21.2. The quantitative estimate of drug-likeness (QED) is 0.550. The monoisotopic (exact) mass is 529 g/mol. The van der Waals surface area contributed by atoms with E-state index in [-0.39, 0.29) is 48.6 Å². The first kappa shape index (κ1) is 25.9. The van der Waals surface area contributed by atoms with E-state index in [0.717, 1.165) is 50.9 Å². The number of amides is 1. The number of nitrogens with one attached hydrogen (secondary N) is 2. The lowest BCUT2D eigenvalue weighted by Gasteiger charge is -2.37. The Balaban J connectivity index is 1.29. The smallest absolute Gasteiger partial charge is 0.258 e. The SMILES string of the molecule is CC1=N/C(=C2\CN(C(=O)c3ccc(F)cc3OC3CCN([C@H]4CCC[C@@H]4O)CC3)CC2=N)NC(C)=C1Cl. The predicted octanol–water partition coefficient (Wildman–Crippen LogP) is 3.80. The van der Waals surface area contributed by atoms with Crippen LogP contribution < -0.4 is 10.1 Å². The molecule has 0 aromatic heterocycles. The lowest BCUT2D eigenvalue weighted by atomic mass is 10.0. The summed E-state index contributed by atoms with van der Waals surface area (Å²) in [6.07, 6.45) is 4.01. The maximum Gasteiger partial charge on any atom is 0.258 e. The van der Waals surface area contributed by atoms with Crippen molar-refractivity contribution >= 4 is 28.9 Å². The summed E-state index contributed by atoms with van der Waals surface area (Å²) in [6.45, 7) is 5.58. The van der Waals surface area contributed by atoms with Gasteiger partial charge in [0.15, 0.2) is 0 Å². The Morgan fingerprint density at radius 1 is 1.22 bits per heavy atom. The molecule has 0 unspecified atom stereocenters. The van der Waals surface area contributed by atoms with Crippen LogP contribution in [0.1, 0.15) is 56.3 Å². The first-order valence-corrected chi connectivity index (χ1v) is 13.3. The molecule has 198 valence electrons. The highest BCUT2D eigenvalue weighted by atomic mass is 35.5. The maximum atomic E-state index is 14.2. The van der Waals surface area contributed by atoms with Crippen molar-refractivity contribution in [1.82, 2.24) is 15.1 Å². The number of benzene rings is 1. The van der Waals surface area contributed by atoms with Crippen LogP contribution in [0, 0.1) is 11.2 Å². The molecule has 3 fully saturated rings. The van der Waals surface area contributed by atoms with Crippen molar-refractivity contribution in [2.45, 2.75) is 64.2 Å². The first-order chi connectivity index (χ1) is 17.7. The molecule has 10 heteroatoms. The fourth-order valence-electron chi connectivity index (χ4n) is 5.67. The molecule has 0 bridgehead atoms. The van der Waals surface area contributed by atoms with Crippen LogP contribution in [0.3, 0.4) is 0 Å². The van der Waals surface area contributed by atoms with Crippen molar-refractivity contribution in [1.29, 1.82) is 5.41 Å². The molecule has 3 N–H and O–H groups in total. The van der Waals surface area contributed by atoms with Crippen LogP contribution in [0.25, 0.3) is 0 Å². The van der Waals surface area contributed by atoms with Gasteiger partial charge >= 0.3 is 0 Å². The van der Waals surface area contributed by atoms with E-state index in [1.54, 1.807) is 11.8 Å². The Hall–Kier alpha value is -2.75. The summed E-state index contributed by atoms with van der Waals surface area (Å²) < 4.78 is 20.4. The van der Waals surface area contributed by atoms with E-state index in [4.69, 9.17) is 21.7 Å². The van der Waals surface area contributed by atoms with E-state index in [2.05, 4.69) is 15.2 Å². The predicted molar refractivity (Wildman–Crippen MR) is 141 cm³/mol. The molecule has 1 aromatic carbocycles. The number of piperidine rings is 1. The molecule has 0 spiro atoms. The number of carbonyl (C=O) groups is 1. The fourth-order valence-corrected chi connectivity index (χ4v) is 5.76. The number of allylic oxidation sites excluding steroid dienone is 2. The third kappa shape index (κ3) is 5.30. The van der Waals surface area contributed by atoms with Crippen molar-refractivity contribution in [3.63, 3.8) is 0 Å². The summed E-state index contributed by atoms with van der Waals surface area (Å²) in [5, 5.41) is 22.4. The third-order valence-electron chi connectivity index (χ3n) is 7.72. The van der Waals surface area contributed by atoms with Gasteiger partial charge in [-0.25, -0.2) is 9.38 Å². The number of halogens is 2. The first-order valence-electron chi connectivity index (χ1n) is 12.9. The average molecular weight is 530 g/mol. The molecule has 8 nitrogen and oxygen atoms in total. The molecule has 37 heavy (non-hydrogen) atoms. The zero-order chi connectivity index (χ0) is 26.3. The Morgan fingerprint density at radius 2 is 1.97 bits per heavy atom. The molecule has 2 saturated heterocycles. The third-order valence-corrected chi connectivity index (χ3v) is 8.28. The molecule has 0 radical (unpaired) electrons. The van der Waals surface area contributed by atoms with Crippen molar-refractivity contribution < 1.29 is 19.0 Å². The van der Waals surface area contributed by atoms with E-state index in [1.807, 2.05) is 6.92 Å². The number of rotatable bonds is 4. The second-order valence-corrected chi connectivity index (χ2v) is 10.7. The highest BCUT2D eigenvalue weighted by molar-refractivity contribution is 6.43. The number of aliphatic hydroxyl groups excluding tert-OH is 1. The largest absolute Gasteiger partial charge is 0.489 e. The molecule has 1 aliphatic carbocycles. The minimum atomic E-state index is -0.467. The van der Waals surface area contributed by atoms with E-state index in [1.165, 1.54) is 18.2 Å². The van der Waals surface area contributed by atoms with E-state index >= 15 is 0 Å². The summed E-state index contributed by atoms with van der Waals surface area (Å²) in [5.74, 6) is -0.0318. The van der Waals surface area contributed by atoms with Gasteiger partial charge in [0.25, 0.3) is 5.91 Å². The van der Waals surface area contributed by atoms with Gasteiger partial charge in [0, 0.05) is 36.5 Å². The van der Waals surface area contributed by atoms with Crippen LogP contribution in [0.4, 0.5) is 4.39 Å². The Kier molecular flexibility index (Phi) is 7.38. The standard InChI is InChI=1S/C27H33ClFN5O3/c1-15-25(28)16(2)32-26(31-15)20-13-34(14-21(20)30)27(36)19-7-6-17(29)12-24(19)37-18-8-10-33(11-9-18)22-4-3-5-23(22)35/h6-7,12,18,22-23,30-31,35H,3-5,8-11,13-14H2,1-2H3/b26-20+,30-21?/t22-,23-/m0/s1. The summed E-state index contributed by atoms with van der Waals surface area (Å²) in [7, 11) is 0. The van der Waals surface area contributed by atoms with Gasteiger partial charge < -0.3 is 25.5 Å². The minimum absolute atomic E-state index is 0.128. The lowest BCUT2D eigenvalue weighted by Crippen LogP contribution is -2.47. The van der Waals surface area contributed by atoms with Gasteiger partial charge in [-0.2, -0.15) is 0 Å². The van der Waals surface area contributed by atoms with Crippen LogP contribution in [-0.2, 0) is 0 Å². The number of aliphatic hydroxyl groups is 1. The number of hydrogen-bond donors (Lipinski definition) is 3. The van der Waals surface area contributed by atoms with Crippen LogP contribution in [-0.4, -0.2) is 76.7 Å². The Morgan fingerprint density at radius 3 is 2.65 bits per heavy atom. The highest BCUT2D eigenvalue weighted by Gasteiger charge is 2.35. The molecule has 1 amide bonds. The second-order valence-electron chi connectivity index (χ2n) is 10.3. The molecular formula is C27H33ClFN5O3. The number of ether oxygens (including phenoxy) is 1. The molecule has 1 aromatic rings. The van der Waals surface area contributed by atoms with Gasteiger partial charge in [-0.05, 0) is 58.1 Å². The van der Waals surface area contributed by atoms with E-state index in [0.29, 0.717) is 27.8 Å². The van der Waals surface area contributed by atoms with Crippen LogP contribution in [0.15, 0.2) is 45.3 Å². The molecule has 1 saturated carbocycles. The van der Waals surface area contributed by atoms with Gasteiger partial charge in [0.05, 0.1) is 41.2 Å². The topological polar surface area (TPSA) is 101 Å². The van der Waals surface area contributed by atoms with Gasteiger partial charge in [0.1, 0.15) is 23.5 Å².